The zero-order valence-electron chi connectivity index (χ0n) is 16.1. The Labute approximate surface area is 172 Å². The number of hydrogen-bond acceptors (Lipinski definition) is 4. The van der Waals surface area contributed by atoms with Crippen molar-refractivity contribution in [3.8, 4) is 0 Å². The lowest BCUT2D eigenvalue weighted by molar-refractivity contribution is 0.449. The Bertz CT molecular complexity index is 1140. The van der Waals surface area contributed by atoms with Gasteiger partial charge >= 0.3 is 0 Å². The number of aliphatic imine (C=N–C) groups is 1. The standard InChI is InChI=1S/C22H20ClFN4O/c1-3-28-13-15(4-9-20(28)29)21-26-14(2)22(27-21,16-5-7-18(23)8-6-16)17-10-11-25-19(24)12-17/h4-14H,3H2,1-2H3,(H,26,27)/t14-,22+/m0/s1. The number of rotatable bonds is 4. The van der Waals surface area contributed by atoms with Crippen molar-refractivity contribution in [2.45, 2.75) is 32.0 Å². The fourth-order valence-electron chi connectivity index (χ4n) is 3.82. The average molecular weight is 411 g/mol. The number of hydrogen-bond donors (Lipinski definition) is 1. The zero-order chi connectivity index (χ0) is 20.6. The van der Waals surface area contributed by atoms with Crippen molar-refractivity contribution < 1.29 is 4.39 Å². The number of aromatic nitrogens is 2. The highest BCUT2D eigenvalue weighted by Crippen LogP contribution is 2.41. The maximum Gasteiger partial charge on any atom is 0.250 e. The highest BCUT2D eigenvalue weighted by Gasteiger charge is 2.45. The summed E-state index contributed by atoms with van der Waals surface area (Å²) in [5.41, 5.74) is 1.43. The van der Waals surface area contributed by atoms with Gasteiger partial charge in [-0.1, -0.05) is 23.7 Å². The second kappa shape index (κ2) is 7.44. The minimum Gasteiger partial charge on any atom is -0.364 e. The van der Waals surface area contributed by atoms with E-state index in [-0.39, 0.29) is 11.6 Å². The molecule has 2 atom stereocenters. The summed E-state index contributed by atoms with van der Waals surface area (Å²) in [6, 6.07) is 13.7. The van der Waals surface area contributed by atoms with Gasteiger partial charge in [0, 0.05) is 35.6 Å². The van der Waals surface area contributed by atoms with Gasteiger partial charge in [0.15, 0.2) is 0 Å². The Morgan fingerprint density at radius 3 is 2.62 bits per heavy atom. The molecule has 1 aliphatic rings. The largest absolute Gasteiger partial charge is 0.364 e. The average Bonchev–Trinajstić information content (AvgIpc) is 3.07. The molecule has 4 rings (SSSR count). The molecule has 2 aromatic heterocycles. The Morgan fingerprint density at radius 2 is 1.93 bits per heavy atom. The predicted molar refractivity (Wildman–Crippen MR) is 112 cm³/mol. The number of benzene rings is 1. The van der Waals surface area contributed by atoms with Crippen molar-refractivity contribution in [3.05, 3.63) is 98.9 Å². The molecule has 3 heterocycles. The van der Waals surface area contributed by atoms with Crippen molar-refractivity contribution in [2.75, 3.05) is 0 Å². The SMILES string of the molecule is CCn1cc(C2=N[C@](c3ccc(Cl)cc3)(c3ccnc(F)c3)[C@H](C)N2)ccc1=O. The van der Waals surface area contributed by atoms with Crippen LogP contribution in [0.5, 0.6) is 0 Å². The monoisotopic (exact) mass is 410 g/mol. The third-order valence-electron chi connectivity index (χ3n) is 5.32. The van der Waals surface area contributed by atoms with Crippen molar-refractivity contribution >= 4 is 17.4 Å². The lowest BCUT2D eigenvalue weighted by atomic mass is 9.79. The molecule has 3 aromatic rings. The summed E-state index contributed by atoms with van der Waals surface area (Å²) in [4.78, 5) is 20.7. The van der Waals surface area contributed by atoms with Gasteiger partial charge in [-0.3, -0.25) is 4.79 Å². The number of amidine groups is 1. The molecule has 0 unspecified atom stereocenters. The topological polar surface area (TPSA) is 59.3 Å². The Kier molecular flexibility index (Phi) is 4.96. The number of nitrogens with one attached hydrogen (secondary N) is 1. The van der Waals surface area contributed by atoms with Crippen LogP contribution >= 0.6 is 11.6 Å². The summed E-state index contributed by atoms with van der Waals surface area (Å²) in [5, 5.41) is 4.04. The summed E-state index contributed by atoms with van der Waals surface area (Å²) in [6.45, 7) is 4.47. The van der Waals surface area contributed by atoms with E-state index < -0.39 is 11.5 Å². The molecule has 1 N–H and O–H groups in total. The van der Waals surface area contributed by atoms with E-state index >= 15 is 0 Å². The maximum atomic E-state index is 14.0. The Balaban J connectivity index is 1.93. The van der Waals surface area contributed by atoms with E-state index in [0.717, 1.165) is 11.1 Å². The molecule has 1 aliphatic heterocycles. The molecule has 0 saturated carbocycles. The van der Waals surface area contributed by atoms with Crippen LogP contribution in [0, 0.1) is 5.95 Å². The fourth-order valence-corrected chi connectivity index (χ4v) is 3.95. The van der Waals surface area contributed by atoms with Crippen molar-refractivity contribution in [2.24, 2.45) is 4.99 Å². The fraction of sp³-hybridized carbons (Fsp3) is 0.227. The van der Waals surface area contributed by atoms with E-state index in [1.54, 1.807) is 35.0 Å². The molecule has 0 amide bonds. The number of halogens is 2. The summed E-state index contributed by atoms with van der Waals surface area (Å²) in [5.74, 6) is 0.0816. The number of pyridine rings is 2. The van der Waals surface area contributed by atoms with E-state index in [1.807, 2.05) is 26.0 Å². The Morgan fingerprint density at radius 1 is 1.17 bits per heavy atom. The van der Waals surface area contributed by atoms with Crippen LogP contribution in [0.3, 0.4) is 0 Å². The first-order chi connectivity index (χ1) is 13.9. The van der Waals surface area contributed by atoms with Crippen molar-refractivity contribution in [1.82, 2.24) is 14.9 Å². The van der Waals surface area contributed by atoms with Gasteiger partial charge in [-0.2, -0.15) is 4.39 Å². The highest BCUT2D eigenvalue weighted by atomic mass is 35.5. The smallest absolute Gasteiger partial charge is 0.250 e. The van der Waals surface area contributed by atoms with Crippen LogP contribution in [0.2, 0.25) is 5.02 Å². The quantitative estimate of drug-likeness (QED) is 0.666. The van der Waals surface area contributed by atoms with Crippen molar-refractivity contribution in [3.63, 3.8) is 0 Å². The van der Waals surface area contributed by atoms with Gasteiger partial charge in [-0.05, 0) is 55.3 Å². The van der Waals surface area contributed by atoms with Crippen molar-refractivity contribution in [1.29, 1.82) is 0 Å². The lowest BCUT2D eigenvalue weighted by Gasteiger charge is -2.31. The van der Waals surface area contributed by atoms with Crippen LogP contribution in [0.15, 0.2) is 70.7 Å². The predicted octanol–water partition coefficient (Wildman–Crippen LogP) is 3.74. The molecule has 0 aliphatic carbocycles. The van der Waals surface area contributed by atoms with Crippen LogP contribution in [-0.2, 0) is 12.1 Å². The first-order valence-corrected chi connectivity index (χ1v) is 9.77. The van der Waals surface area contributed by atoms with E-state index in [0.29, 0.717) is 23.0 Å². The van der Waals surface area contributed by atoms with Crippen LogP contribution < -0.4 is 10.9 Å². The molecule has 0 bridgehead atoms. The van der Waals surface area contributed by atoms with Crippen LogP contribution in [0.4, 0.5) is 4.39 Å². The van der Waals surface area contributed by atoms with Gasteiger partial charge in [0.1, 0.15) is 11.4 Å². The molecular weight excluding hydrogens is 391 g/mol. The molecule has 29 heavy (non-hydrogen) atoms. The normalized spacial score (nSPS) is 21.0. The molecule has 0 fully saturated rings. The lowest BCUT2D eigenvalue weighted by Crippen LogP contribution is -2.41. The molecular formula is C22H20ClFN4O. The number of aryl methyl sites for hydroxylation is 1. The van der Waals surface area contributed by atoms with Gasteiger partial charge in [0.2, 0.25) is 5.95 Å². The van der Waals surface area contributed by atoms with Gasteiger partial charge in [-0.15, -0.1) is 0 Å². The summed E-state index contributed by atoms with van der Waals surface area (Å²) >= 11 is 6.09. The molecule has 0 saturated heterocycles. The Hall–Kier alpha value is -2.99. The zero-order valence-corrected chi connectivity index (χ0v) is 16.8. The van der Waals surface area contributed by atoms with Gasteiger partial charge in [0.25, 0.3) is 5.56 Å². The first kappa shape index (κ1) is 19.3. The van der Waals surface area contributed by atoms with E-state index in [9.17, 15) is 9.18 Å². The second-order valence-electron chi connectivity index (χ2n) is 7.01. The number of nitrogens with zero attached hydrogens (tertiary/aromatic N) is 3. The molecule has 5 nitrogen and oxygen atoms in total. The summed E-state index contributed by atoms with van der Waals surface area (Å²) in [6.07, 6.45) is 3.23. The summed E-state index contributed by atoms with van der Waals surface area (Å²) < 4.78 is 15.6. The molecule has 0 spiro atoms. The second-order valence-corrected chi connectivity index (χ2v) is 7.45. The summed E-state index contributed by atoms with van der Waals surface area (Å²) in [7, 11) is 0. The van der Waals surface area contributed by atoms with E-state index in [2.05, 4.69) is 10.3 Å². The van der Waals surface area contributed by atoms with Crippen LogP contribution in [-0.4, -0.2) is 21.4 Å². The minimum atomic E-state index is -0.864. The maximum absolute atomic E-state index is 14.0. The highest BCUT2D eigenvalue weighted by molar-refractivity contribution is 6.30. The van der Waals surface area contributed by atoms with Crippen LogP contribution in [0.1, 0.15) is 30.5 Å². The van der Waals surface area contributed by atoms with E-state index in [1.165, 1.54) is 18.3 Å². The molecule has 148 valence electrons. The molecule has 7 heteroatoms. The molecule has 1 aromatic carbocycles. The minimum absolute atomic E-state index is 0.0666. The van der Waals surface area contributed by atoms with Gasteiger partial charge in [-0.25, -0.2) is 9.98 Å². The van der Waals surface area contributed by atoms with Gasteiger partial charge in [0.05, 0.1) is 6.04 Å². The van der Waals surface area contributed by atoms with E-state index in [4.69, 9.17) is 16.6 Å². The first-order valence-electron chi connectivity index (χ1n) is 9.39. The van der Waals surface area contributed by atoms with Crippen LogP contribution in [0.25, 0.3) is 0 Å². The molecule has 0 radical (unpaired) electrons. The third kappa shape index (κ3) is 3.34. The van der Waals surface area contributed by atoms with Gasteiger partial charge < -0.3 is 9.88 Å². The third-order valence-corrected chi connectivity index (χ3v) is 5.57.